The lowest BCUT2D eigenvalue weighted by atomic mass is 10.0. The van der Waals surface area contributed by atoms with E-state index in [9.17, 15) is 4.79 Å². The minimum atomic E-state index is -0.0433. The Morgan fingerprint density at radius 1 is 1.47 bits per heavy atom. The third kappa shape index (κ3) is 4.37. The summed E-state index contributed by atoms with van der Waals surface area (Å²) in [6.07, 6.45) is 2.41. The maximum atomic E-state index is 12.0. The molecule has 0 bridgehead atoms. The number of hydrogen-bond acceptors (Lipinski definition) is 2. The lowest BCUT2D eigenvalue weighted by Crippen LogP contribution is -2.39. The van der Waals surface area contributed by atoms with Gasteiger partial charge >= 0.3 is 0 Å². The third-order valence-corrected chi connectivity index (χ3v) is 3.88. The number of nitrogens with zero attached hydrogens (tertiary/aromatic N) is 1. The normalized spacial score (nSPS) is 20.3. The van der Waals surface area contributed by atoms with E-state index in [1.807, 2.05) is 0 Å². The maximum Gasteiger partial charge on any atom is 0.238 e. The smallest absolute Gasteiger partial charge is 0.238 e. The molecule has 0 saturated carbocycles. The summed E-state index contributed by atoms with van der Waals surface area (Å²) >= 11 is 11.9. The Balaban J connectivity index is 1.92. The quantitative estimate of drug-likeness (QED) is 0.924. The second-order valence-corrected chi connectivity index (χ2v) is 6.00. The van der Waals surface area contributed by atoms with Crippen molar-refractivity contribution in [3.63, 3.8) is 0 Å². The Labute approximate surface area is 123 Å². The summed E-state index contributed by atoms with van der Waals surface area (Å²) in [5, 5.41) is 3.88. The molecule has 1 atom stereocenters. The molecule has 1 unspecified atom stereocenters. The van der Waals surface area contributed by atoms with E-state index >= 15 is 0 Å². The van der Waals surface area contributed by atoms with Crippen LogP contribution in [-0.2, 0) is 4.79 Å². The largest absolute Gasteiger partial charge is 0.324 e. The first-order chi connectivity index (χ1) is 9.04. The van der Waals surface area contributed by atoms with E-state index in [0.29, 0.717) is 28.2 Å². The molecular weight excluding hydrogens is 283 g/mol. The fourth-order valence-electron chi connectivity index (χ4n) is 2.42. The monoisotopic (exact) mass is 300 g/mol. The van der Waals surface area contributed by atoms with Crippen molar-refractivity contribution < 1.29 is 4.79 Å². The van der Waals surface area contributed by atoms with Crippen molar-refractivity contribution in [2.24, 2.45) is 5.92 Å². The fourth-order valence-corrected chi connectivity index (χ4v) is 2.75. The van der Waals surface area contributed by atoms with E-state index < -0.39 is 0 Å². The summed E-state index contributed by atoms with van der Waals surface area (Å²) in [4.78, 5) is 14.2. The molecule has 0 aliphatic carbocycles. The second-order valence-electron chi connectivity index (χ2n) is 5.15. The van der Waals surface area contributed by atoms with Crippen LogP contribution >= 0.6 is 23.2 Å². The predicted octanol–water partition coefficient (Wildman–Crippen LogP) is 3.66. The number of halogens is 2. The van der Waals surface area contributed by atoms with Gasteiger partial charge < -0.3 is 5.32 Å². The third-order valence-electron chi connectivity index (χ3n) is 3.31. The summed E-state index contributed by atoms with van der Waals surface area (Å²) in [5.74, 6) is 0.620. The van der Waals surface area contributed by atoms with Gasteiger partial charge in [0.1, 0.15) is 0 Å². The Morgan fingerprint density at radius 2 is 2.26 bits per heavy atom. The summed E-state index contributed by atoms with van der Waals surface area (Å²) in [7, 11) is 0. The van der Waals surface area contributed by atoms with Gasteiger partial charge in [0, 0.05) is 11.6 Å². The van der Waals surface area contributed by atoms with Crippen LogP contribution in [0.5, 0.6) is 0 Å². The van der Waals surface area contributed by atoms with Gasteiger partial charge in [-0.1, -0.05) is 30.1 Å². The molecule has 1 saturated heterocycles. The van der Waals surface area contributed by atoms with Gasteiger partial charge in [-0.25, -0.2) is 0 Å². The van der Waals surface area contributed by atoms with E-state index in [2.05, 4.69) is 17.1 Å². The topological polar surface area (TPSA) is 32.3 Å². The van der Waals surface area contributed by atoms with Gasteiger partial charge in [-0.15, -0.1) is 0 Å². The molecule has 0 radical (unpaired) electrons. The molecule has 1 heterocycles. The van der Waals surface area contributed by atoms with Crippen molar-refractivity contribution in [3.8, 4) is 0 Å². The molecule has 3 nitrogen and oxygen atoms in total. The highest BCUT2D eigenvalue weighted by atomic mass is 35.5. The molecule has 5 heteroatoms. The highest BCUT2D eigenvalue weighted by molar-refractivity contribution is 6.35. The number of benzene rings is 1. The standard InChI is InChI=1S/C14H18Cl2N2O/c1-10-3-2-6-18(8-10)9-14(19)17-13-7-11(15)4-5-12(13)16/h4-5,7,10H,2-3,6,8-9H2,1H3,(H,17,19). The zero-order valence-electron chi connectivity index (χ0n) is 11.0. The Bertz CT molecular complexity index is 465. The summed E-state index contributed by atoms with van der Waals surface area (Å²) in [5.41, 5.74) is 0.573. The maximum absolute atomic E-state index is 12.0. The number of likely N-dealkylation sites (tertiary alicyclic amines) is 1. The van der Waals surface area contributed by atoms with Crippen LogP contribution in [0.3, 0.4) is 0 Å². The summed E-state index contributed by atoms with van der Waals surface area (Å²) < 4.78 is 0. The van der Waals surface area contributed by atoms with Crippen LogP contribution in [0, 0.1) is 5.92 Å². The van der Waals surface area contributed by atoms with Crippen LogP contribution in [0.15, 0.2) is 18.2 Å². The molecule has 1 aromatic carbocycles. The van der Waals surface area contributed by atoms with E-state index in [-0.39, 0.29) is 5.91 Å². The molecule has 1 fully saturated rings. The molecule has 104 valence electrons. The molecule has 1 aliphatic rings. The van der Waals surface area contributed by atoms with Gasteiger partial charge in [-0.3, -0.25) is 9.69 Å². The van der Waals surface area contributed by atoms with Crippen molar-refractivity contribution in [2.75, 3.05) is 25.0 Å². The van der Waals surface area contributed by atoms with Gasteiger partial charge in [0.2, 0.25) is 5.91 Å². The predicted molar refractivity (Wildman–Crippen MR) is 79.9 cm³/mol. The van der Waals surface area contributed by atoms with Crippen molar-refractivity contribution in [1.29, 1.82) is 0 Å². The van der Waals surface area contributed by atoms with Crippen LogP contribution in [0.4, 0.5) is 5.69 Å². The van der Waals surface area contributed by atoms with Gasteiger partial charge in [0.05, 0.1) is 17.3 Å². The van der Waals surface area contributed by atoms with Crippen molar-refractivity contribution in [2.45, 2.75) is 19.8 Å². The first-order valence-corrected chi connectivity index (χ1v) is 7.27. The zero-order chi connectivity index (χ0) is 13.8. The minimum absolute atomic E-state index is 0.0433. The Hall–Kier alpha value is -0.770. The first kappa shape index (κ1) is 14.6. The number of carbonyl (C=O) groups is 1. The fraction of sp³-hybridized carbons (Fsp3) is 0.500. The number of nitrogens with one attached hydrogen (secondary N) is 1. The average molecular weight is 301 g/mol. The average Bonchev–Trinajstić information content (AvgIpc) is 2.34. The second kappa shape index (κ2) is 6.60. The van der Waals surface area contributed by atoms with Crippen molar-refractivity contribution in [3.05, 3.63) is 28.2 Å². The van der Waals surface area contributed by atoms with Crippen LogP contribution in [0.2, 0.25) is 10.0 Å². The molecule has 1 N–H and O–H groups in total. The van der Waals surface area contributed by atoms with Gasteiger partial charge in [-0.2, -0.15) is 0 Å². The van der Waals surface area contributed by atoms with Gasteiger partial charge in [-0.05, 0) is 43.5 Å². The number of hydrogen-bond donors (Lipinski definition) is 1. The number of piperidine rings is 1. The van der Waals surface area contributed by atoms with Crippen molar-refractivity contribution >= 4 is 34.8 Å². The molecule has 0 aromatic heterocycles. The van der Waals surface area contributed by atoms with Crippen LogP contribution in [0.25, 0.3) is 0 Å². The van der Waals surface area contributed by atoms with Crippen LogP contribution in [-0.4, -0.2) is 30.4 Å². The summed E-state index contributed by atoms with van der Waals surface area (Å²) in [6.45, 7) is 4.60. The van der Waals surface area contributed by atoms with E-state index in [4.69, 9.17) is 23.2 Å². The van der Waals surface area contributed by atoms with Gasteiger partial charge in [0.15, 0.2) is 0 Å². The van der Waals surface area contributed by atoms with E-state index in [1.165, 1.54) is 6.42 Å². The molecular formula is C14H18Cl2N2O. The SMILES string of the molecule is CC1CCCN(CC(=O)Nc2cc(Cl)ccc2Cl)C1. The highest BCUT2D eigenvalue weighted by Gasteiger charge is 2.18. The van der Waals surface area contributed by atoms with Crippen molar-refractivity contribution in [1.82, 2.24) is 4.90 Å². The number of anilines is 1. The molecule has 2 rings (SSSR count). The Kier molecular flexibility index (Phi) is 5.08. The number of rotatable bonds is 3. The molecule has 19 heavy (non-hydrogen) atoms. The molecule has 1 aromatic rings. The minimum Gasteiger partial charge on any atom is -0.324 e. The molecule has 0 spiro atoms. The molecule has 1 amide bonds. The number of amides is 1. The number of carbonyl (C=O) groups excluding carboxylic acids is 1. The van der Waals surface area contributed by atoms with E-state index in [1.54, 1.807) is 18.2 Å². The lowest BCUT2D eigenvalue weighted by Gasteiger charge is -2.30. The highest BCUT2D eigenvalue weighted by Crippen LogP contribution is 2.25. The summed E-state index contributed by atoms with van der Waals surface area (Å²) in [6, 6.07) is 5.05. The van der Waals surface area contributed by atoms with Crippen LogP contribution in [0.1, 0.15) is 19.8 Å². The van der Waals surface area contributed by atoms with Crippen LogP contribution < -0.4 is 5.32 Å². The van der Waals surface area contributed by atoms with E-state index in [0.717, 1.165) is 19.5 Å². The lowest BCUT2D eigenvalue weighted by molar-refractivity contribution is -0.117. The Morgan fingerprint density at radius 3 is 3.00 bits per heavy atom. The first-order valence-electron chi connectivity index (χ1n) is 6.52. The zero-order valence-corrected chi connectivity index (χ0v) is 12.5. The molecule has 1 aliphatic heterocycles. The van der Waals surface area contributed by atoms with Gasteiger partial charge in [0.25, 0.3) is 0 Å².